The normalized spacial score (nSPS) is 31.3. The average molecular weight is 522 g/mol. The maximum absolute atomic E-state index is 14.0. The van der Waals surface area contributed by atoms with Crippen LogP contribution in [0.15, 0.2) is 54.6 Å². The number of fused-ring (bicyclic) bond motifs is 1. The number of anilines is 2. The van der Waals surface area contributed by atoms with Crippen LogP contribution in [0.5, 0.6) is 5.75 Å². The number of carbonyl (C=O) groups is 3. The number of benzene rings is 2. The molecule has 6 atom stereocenters. The summed E-state index contributed by atoms with van der Waals surface area (Å²) in [7, 11) is 1.57. The molecule has 9 nitrogen and oxygen atoms in total. The Morgan fingerprint density at radius 2 is 1.71 bits per heavy atom. The lowest BCUT2D eigenvalue weighted by molar-refractivity contribution is -0.144. The fraction of sp³-hybridized carbons (Fsp3) is 0.483. The van der Waals surface area contributed by atoms with Crippen LogP contribution in [0.2, 0.25) is 0 Å². The number of rotatable bonds is 9. The van der Waals surface area contributed by atoms with Crippen molar-refractivity contribution in [1.82, 2.24) is 4.90 Å². The van der Waals surface area contributed by atoms with Gasteiger partial charge in [-0.25, -0.2) is 0 Å². The van der Waals surface area contributed by atoms with Gasteiger partial charge in [-0.15, -0.1) is 0 Å². The van der Waals surface area contributed by atoms with Crippen LogP contribution >= 0.6 is 0 Å². The minimum Gasteiger partial charge on any atom is -0.497 e. The van der Waals surface area contributed by atoms with Crippen molar-refractivity contribution < 1.29 is 29.0 Å². The van der Waals surface area contributed by atoms with Crippen LogP contribution in [0, 0.1) is 17.8 Å². The molecule has 3 fully saturated rings. The van der Waals surface area contributed by atoms with Crippen molar-refractivity contribution in [2.24, 2.45) is 17.8 Å². The van der Waals surface area contributed by atoms with Gasteiger partial charge in [0.2, 0.25) is 17.7 Å². The van der Waals surface area contributed by atoms with Gasteiger partial charge in [-0.05, 0) is 68.5 Å². The highest BCUT2D eigenvalue weighted by Gasteiger charge is 2.79. The average Bonchev–Trinajstić information content (AvgIpc) is 3.42. The molecule has 3 heterocycles. The van der Waals surface area contributed by atoms with E-state index in [1.807, 2.05) is 32.0 Å². The van der Waals surface area contributed by atoms with E-state index in [-0.39, 0.29) is 30.2 Å². The standard InChI is InChI=1S/C29H35N3O6/c1-18-17-29-23(22(28(18,2)38-29)25(34)30-19-9-5-4-6-10-19)27(36)32(15-7-8-16-33)24(29)26(35)31-20-11-13-21(37-3)14-12-20/h4-6,9-14,18,22-24,33H,7-8,15-17H2,1-3H3,(H,30,34)(H,31,35)/t18?,22-,23+,24?,28+,29?/m1/s1. The number of aliphatic hydroxyl groups excluding tert-OH is 1. The first kappa shape index (κ1) is 26.2. The van der Waals surface area contributed by atoms with E-state index in [0.29, 0.717) is 42.9 Å². The molecule has 3 aliphatic heterocycles. The molecule has 2 bridgehead atoms. The molecule has 5 rings (SSSR count). The number of hydrogen-bond acceptors (Lipinski definition) is 6. The lowest BCUT2D eigenvalue weighted by Gasteiger charge is -2.36. The molecule has 2 aromatic carbocycles. The van der Waals surface area contributed by atoms with Crippen molar-refractivity contribution in [2.75, 3.05) is 30.9 Å². The molecule has 1 spiro atoms. The highest BCUT2D eigenvalue weighted by Crippen LogP contribution is 2.65. The van der Waals surface area contributed by atoms with Crippen LogP contribution in [0.3, 0.4) is 0 Å². The molecule has 0 saturated carbocycles. The number of methoxy groups -OCH3 is 1. The summed E-state index contributed by atoms with van der Waals surface area (Å²) in [6.07, 6.45) is 1.53. The Hall–Kier alpha value is -3.43. The lowest BCUT2D eigenvalue weighted by atomic mass is 9.62. The molecule has 3 N–H and O–H groups in total. The highest BCUT2D eigenvalue weighted by atomic mass is 16.5. The number of para-hydroxylation sites is 1. The Labute approximate surface area is 222 Å². The molecule has 9 heteroatoms. The van der Waals surface area contributed by atoms with Gasteiger partial charge in [-0.3, -0.25) is 14.4 Å². The largest absolute Gasteiger partial charge is 0.497 e. The summed E-state index contributed by atoms with van der Waals surface area (Å²) >= 11 is 0. The van der Waals surface area contributed by atoms with Crippen LogP contribution in [0.1, 0.15) is 33.1 Å². The van der Waals surface area contributed by atoms with E-state index < -0.39 is 29.1 Å². The SMILES string of the molecule is COc1ccc(NC(=O)C2N(CCCCO)C(=O)[C@@H]3[C@H](C(=O)Nc4ccccc4)[C@@]4(C)OC23CC4C)cc1. The number of nitrogens with zero attached hydrogens (tertiary/aromatic N) is 1. The van der Waals surface area contributed by atoms with Gasteiger partial charge >= 0.3 is 0 Å². The third-order valence-corrected chi connectivity index (χ3v) is 8.55. The Balaban J connectivity index is 1.50. The number of amides is 3. The molecule has 3 aliphatic rings. The Morgan fingerprint density at radius 3 is 2.37 bits per heavy atom. The first-order valence-corrected chi connectivity index (χ1v) is 13.2. The summed E-state index contributed by atoms with van der Waals surface area (Å²) in [6.45, 7) is 4.19. The van der Waals surface area contributed by atoms with Crippen molar-refractivity contribution in [3.63, 3.8) is 0 Å². The third-order valence-electron chi connectivity index (χ3n) is 8.55. The molecular weight excluding hydrogens is 486 g/mol. The quantitative estimate of drug-likeness (QED) is 0.437. The van der Waals surface area contributed by atoms with Crippen LogP contribution in [-0.4, -0.2) is 65.2 Å². The number of likely N-dealkylation sites (tertiary alicyclic amines) is 1. The van der Waals surface area contributed by atoms with E-state index in [9.17, 15) is 19.5 Å². The lowest BCUT2D eigenvalue weighted by Crippen LogP contribution is -2.54. The maximum atomic E-state index is 14.0. The minimum absolute atomic E-state index is 0.00692. The van der Waals surface area contributed by atoms with Crippen molar-refractivity contribution in [3.8, 4) is 5.75 Å². The van der Waals surface area contributed by atoms with Gasteiger partial charge in [0, 0.05) is 24.5 Å². The van der Waals surface area contributed by atoms with E-state index >= 15 is 0 Å². The second kappa shape index (κ2) is 10.0. The zero-order valence-corrected chi connectivity index (χ0v) is 22.0. The first-order chi connectivity index (χ1) is 18.2. The molecule has 0 aromatic heterocycles. The van der Waals surface area contributed by atoms with Gasteiger partial charge in [0.1, 0.15) is 17.4 Å². The van der Waals surface area contributed by atoms with E-state index in [2.05, 4.69) is 10.6 Å². The van der Waals surface area contributed by atoms with E-state index in [1.54, 1.807) is 48.4 Å². The third kappa shape index (κ3) is 4.14. The number of unbranched alkanes of at least 4 members (excludes halogenated alkanes) is 1. The Kier molecular flexibility index (Phi) is 6.92. The molecule has 3 amide bonds. The number of carbonyl (C=O) groups excluding carboxylic acids is 3. The Morgan fingerprint density at radius 1 is 1.05 bits per heavy atom. The van der Waals surface area contributed by atoms with Crippen molar-refractivity contribution in [2.45, 2.75) is 50.4 Å². The number of nitrogens with one attached hydrogen (secondary N) is 2. The van der Waals surface area contributed by atoms with Crippen molar-refractivity contribution in [3.05, 3.63) is 54.6 Å². The first-order valence-electron chi connectivity index (χ1n) is 13.2. The predicted molar refractivity (Wildman–Crippen MR) is 141 cm³/mol. The molecule has 0 radical (unpaired) electrons. The summed E-state index contributed by atoms with van der Waals surface area (Å²) in [5.41, 5.74) is -0.803. The van der Waals surface area contributed by atoms with Gasteiger partial charge in [0.15, 0.2) is 0 Å². The topological polar surface area (TPSA) is 117 Å². The Bertz CT molecular complexity index is 1200. The monoisotopic (exact) mass is 521 g/mol. The summed E-state index contributed by atoms with van der Waals surface area (Å²) in [5, 5.41) is 15.3. The van der Waals surface area contributed by atoms with Crippen LogP contribution < -0.4 is 15.4 Å². The molecule has 202 valence electrons. The number of aliphatic hydroxyl groups is 1. The smallest absolute Gasteiger partial charge is 0.250 e. The number of ether oxygens (including phenoxy) is 2. The van der Waals surface area contributed by atoms with Gasteiger partial charge in [0.25, 0.3) is 0 Å². The van der Waals surface area contributed by atoms with E-state index in [1.165, 1.54) is 0 Å². The molecule has 3 unspecified atom stereocenters. The fourth-order valence-electron chi connectivity index (χ4n) is 6.70. The van der Waals surface area contributed by atoms with Gasteiger partial charge in [0.05, 0.1) is 24.5 Å². The van der Waals surface area contributed by atoms with Crippen LogP contribution in [0.4, 0.5) is 11.4 Å². The molecule has 2 aromatic rings. The summed E-state index contributed by atoms with van der Waals surface area (Å²) < 4.78 is 11.9. The van der Waals surface area contributed by atoms with E-state index in [0.717, 1.165) is 0 Å². The minimum atomic E-state index is -1.13. The molecule has 3 saturated heterocycles. The van der Waals surface area contributed by atoms with Crippen LogP contribution in [0.25, 0.3) is 0 Å². The van der Waals surface area contributed by atoms with Gasteiger partial charge < -0.3 is 30.1 Å². The summed E-state index contributed by atoms with van der Waals surface area (Å²) in [6, 6.07) is 15.2. The second-order valence-corrected chi connectivity index (χ2v) is 10.7. The van der Waals surface area contributed by atoms with Gasteiger partial charge in [-0.1, -0.05) is 25.1 Å². The van der Waals surface area contributed by atoms with E-state index in [4.69, 9.17) is 9.47 Å². The van der Waals surface area contributed by atoms with Gasteiger partial charge in [-0.2, -0.15) is 0 Å². The maximum Gasteiger partial charge on any atom is 0.250 e. The fourth-order valence-corrected chi connectivity index (χ4v) is 6.70. The molecule has 38 heavy (non-hydrogen) atoms. The molecule has 0 aliphatic carbocycles. The van der Waals surface area contributed by atoms with Crippen LogP contribution in [-0.2, 0) is 19.1 Å². The zero-order valence-electron chi connectivity index (χ0n) is 22.0. The number of hydrogen-bond donors (Lipinski definition) is 3. The van der Waals surface area contributed by atoms with Crippen molar-refractivity contribution in [1.29, 1.82) is 0 Å². The highest BCUT2D eigenvalue weighted by molar-refractivity contribution is 6.05. The second-order valence-electron chi connectivity index (χ2n) is 10.7. The summed E-state index contributed by atoms with van der Waals surface area (Å²) in [5.74, 6) is -1.80. The zero-order chi connectivity index (χ0) is 27.1. The molecular formula is C29H35N3O6. The summed E-state index contributed by atoms with van der Waals surface area (Å²) in [4.78, 5) is 43.2. The predicted octanol–water partition coefficient (Wildman–Crippen LogP) is 3.06. The van der Waals surface area contributed by atoms with Crippen molar-refractivity contribution >= 4 is 29.1 Å².